The first-order chi connectivity index (χ1) is 10.8. The maximum atomic E-state index is 6.00. The van der Waals surface area contributed by atoms with Crippen LogP contribution in [0.1, 0.15) is 16.7 Å². The summed E-state index contributed by atoms with van der Waals surface area (Å²) in [6.45, 7) is 0. The van der Waals surface area contributed by atoms with Crippen LogP contribution >= 0.6 is 27.5 Å². The minimum absolute atomic E-state index is 0.741. The quantitative estimate of drug-likeness (QED) is 0.453. The van der Waals surface area contributed by atoms with E-state index in [0.29, 0.717) is 0 Å². The van der Waals surface area contributed by atoms with Gasteiger partial charge in [-0.25, -0.2) is 0 Å². The van der Waals surface area contributed by atoms with Crippen molar-refractivity contribution in [3.8, 4) is 0 Å². The maximum Gasteiger partial charge on any atom is 0.0406 e. The standard InChI is InChI=1S/C20H14BrCl/c21-20(17-11-13-18(22)14-12-17)19(15-7-3-1-4-8-15)16-9-5-2-6-10-16/h1-14H. The average Bonchev–Trinajstić information content (AvgIpc) is 2.57. The topological polar surface area (TPSA) is 0 Å². The average molecular weight is 370 g/mol. The Morgan fingerprint density at radius 2 is 1.05 bits per heavy atom. The molecular weight excluding hydrogens is 356 g/mol. The van der Waals surface area contributed by atoms with Crippen LogP contribution in [0.4, 0.5) is 0 Å². The molecular formula is C20H14BrCl. The molecule has 0 nitrogen and oxygen atoms in total. The van der Waals surface area contributed by atoms with Gasteiger partial charge >= 0.3 is 0 Å². The van der Waals surface area contributed by atoms with Crippen molar-refractivity contribution in [2.75, 3.05) is 0 Å². The van der Waals surface area contributed by atoms with Crippen LogP contribution in [0.25, 0.3) is 10.1 Å². The Morgan fingerprint density at radius 1 is 0.591 bits per heavy atom. The third-order valence-corrected chi connectivity index (χ3v) is 4.55. The molecule has 3 aromatic carbocycles. The van der Waals surface area contributed by atoms with Crippen molar-refractivity contribution in [2.24, 2.45) is 0 Å². The molecule has 0 saturated heterocycles. The van der Waals surface area contributed by atoms with Crippen LogP contribution in [0.15, 0.2) is 84.9 Å². The number of rotatable bonds is 3. The van der Waals surface area contributed by atoms with E-state index in [0.717, 1.165) is 15.1 Å². The Hall–Kier alpha value is -1.83. The largest absolute Gasteiger partial charge is 0.0843 e. The van der Waals surface area contributed by atoms with Gasteiger partial charge in [0.15, 0.2) is 0 Å². The molecule has 0 unspecified atom stereocenters. The first-order valence-electron chi connectivity index (χ1n) is 7.02. The van der Waals surface area contributed by atoms with Gasteiger partial charge in [-0.1, -0.05) is 84.4 Å². The summed E-state index contributed by atoms with van der Waals surface area (Å²) >= 11 is 9.79. The highest BCUT2D eigenvalue weighted by molar-refractivity contribution is 9.15. The van der Waals surface area contributed by atoms with Crippen molar-refractivity contribution < 1.29 is 0 Å². The van der Waals surface area contributed by atoms with Gasteiger partial charge in [-0.05, 0) is 44.8 Å². The summed E-state index contributed by atoms with van der Waals surface area (Å²) in [5, 5.41) is 0.741. The van der Waals surface area contributed by atoms with Gasteiger partial charge in [-0.2, -0.15) is 0 Å². The fourth-order valence-electron chi connectivity index (χ4n) is 2.37. The lowest BCUT2D eigenvalue weighted by Crippen LogP contribution is -1.91. The van der Waals surface area contributed by atoms with E-state index in [1.54, 1.807) is 0 Å². The molecule has 0 radical (unpaired) electrons. The fraction of sp³-hybridized carbons (Fsp3) is 0. The van der Waals surface area contributed by atoms with Crippen LogP contribution in [0.2, 0.25) is 5.02 Å². The molecule has 0 aliphatic carbocycles. The molecule has 3 rings (SSSR count). The van der Waals surface area contributed by atoms with Crippen molar-refractivity contribution in [3.05, 3.63) is 107 Å². The number of hydrogen-bond donors (Lipinski definition) is 0. The smallest absolute Gasteiger partial charge is 0.0406 e. The Balaban J connectivity index is 2.21. The molecule has 0 spiro atoms. The molecule has 3 aromatic rings. The molecule has 0 N–H and O–H groups in total. The minimum atomic E-state index is 0.741. The predicted molar refractivity (Wildman–Crippen MR) is 99.2 cm³/mol. The molecule has 0 amide bonds. The van der Waals surface area contributed by atoms with E-state index in [2.05, 4.69) is 64.5 Å². The monoisotopic (exact) mass is 368 g/mol. The molecule has 2 heteroatoms. The van der Waals surface area contributed by atoms with Crippen LogP contribution in [-0.4, -0.2) is 0 Å². The molecule has 0 aliphatic rings. The summed E-state index contributed by atoms with van der Waals surface area (Å²) in [6.07, 6.45) is 0. The van der Waals surface area contributed by atoms with Crippen LogP contribution in [0, 0.1) is 0 Å². The van der Waals surface area contributed by atoms with E-state index < -0.39 is 0 Å². The lowest BCUT2D eigenvalue weighted by molar-refractivity contribution is 1.55. The Morgan fingerprint density at radius 3 is 1.50 bits per heavy atom. The summed E-state index contributed by atoms with van der Waals surface area (Å²) in [5.41, 5.74) is 4.63. The normalized spacial score (nSPS) is 10.3. The number of halogens is 2. The highest BCUT2D eigenvalue weighted by atomic mass is 79.9. The molecule has 0 fully saturated rings. The van der Waals surface area contributed by atoms with Gasteiger partial charge in [0.1, 0.15) is 0 Å². The summed E-state index contributed by atoms with van der Waals surface area (Å²) in [5.74, 6) is 0. The van der Waals surface area contributed by atoms with Crippen LogP contribution in [0.5, 0.6) is 0 Å². The second-order valence-electron chi connectivity index (χ2n) is 4.93. The van der Waals surface area contributed by atoms with Gasteiger partial charge in [0.2, 0.25) is 0 Å². The summed E-state index contributed by atoms with van der Waals surface area (Å²) in [4.78, 5) is 0. The second-order valence-corrected chi connectivity index (χ2v) is 6.16. The van der Waals surface area contributed by atoms with Crippen LogP contribution in [0.3, 0.4) is 0 Å². The van der Waals surface area contributed by atoms with Gasteiger partial charge in [0, 0.05) is 15.1 Å². The minimum Gasteiger partial charge on any atom is -0.0843 e. The molecule has 0 aromatic heterocycles. The van der Waals surface area contributed by atoms with Gasteiger partial charge in [-0.3, -0.25) is 0 Å². The zero-order chi connectivity index (χ0) is 15.4. The van der Waals surface area contributed by atoms with Gasteiger partial charge in [-0.15, -0.1) is 0 Å². The van der Waals surface area contributed by atoms with Crippen LogP contribution < -0.4 is 0 Å². The third kappa shape index (κ3) is 3.32. The Labute approximate surface area is 144 Å². The lowest BCUT2D eigenvalue weighted by Gasteiger charge is -2.13. The zero-order valence-electron chi connectivity index (χ0n) is 11.8. The molecule has 108 valence electrons. The fourth-order valence-corrected chi connectivity index (χ4v) is 3.22. The molecule has 0 heterocycles. The maximum absolute atomic E-state index is 6.00. The van der Waals surface area contributed by atoms with E-state index in [9.17, 15) is 0 Å². The molecule has 0 saturated carbocycles. The van der Waals surface area contributed by atoms with Gasteiger partial charge in [0.25, 0.3) is 0 Å². The van der Waals surface area contributed by atoms with Crippen molar-refractivity contribution in [3.63, 3.8) is 0 Å². The van der Waals surface area contributed by atoms with E-state index in [1.807, 2.05) is 36.4 Å². The lowest BCUT2D eigenvalue weighted by atomic mass is 9.96. The number of hydrogen-bond acceptors (Lipinski definition) is 0. The first kappa shape index (κ1) is 15.1. The van der Waals surface area contributed by atoms with E-state index in [-0.39, 0.29) is 0 Å². The zero-order valence-corrected chi connectivity index (χ0v) is 14.2. The molecule has 0 aliphatic heterocycles. The van der Waals surface area contributed by atoms with E-state index in [1.165, 1.54) is 16.7 Å². The predicted octanol–water partition coefficient (Wildman–Crippen LogP) is 6.65. The second kappa shape index (κ2) is 6.95. The highest BCUT2D eigenvalue weighted by Crippen LogP contribution is 2.36. The van der Waals surface area contributed by atoms with Gasteiger partial charge in [0.05, 0.1) is 0 Å². The third-order valence-electron chi connectivity index (χ3n) is 3.44. The highest BCUT2D eigenvalue weighted by Gasteiger charge is 2.11. The Kier molecular flexibility index (Phi) is 4.77. The van der Waals surface area contributed by atoms with Crippen molar-refractivity contribution in [2.45, 2.75) is 0 Å². The molecule has 0 atom stereocenters. The Bertz CT molecular complexity index is 733. The summed E-state index contributed by atoms with van der Waals surface area (Å²) in [7, 11) is 0. The molecule has 0 bridgehead atoms. The summed E-state index contributed by atoms with van der Waals surface area (Å²) < 4.78 is 1.06. The van der Waals surface area contributed by atoms with Crippen molar-refractivity contribution in [1.82, 2.24) is 0 Å². The van der Waals surface area contributed by atoms with Crippen molar-refractivity contribution in [1.29, 1.82) is 0 Å². The van der Waals surface area contributed by atoms with Gasteiger partial charge < -0.3 is 0 Å². The summed E-state index contributed by atoms with van der Waals surface area (Å²) in [6, 6.07) is 28.7. The number of benzene rings is 3. The van der Waals surface area contributed by atoms with Crippen molar-refractivity contribution >= 4 is 37.6 Å². The van der Waals surface area contributed by atoms with Crippen LogP contribution in [-0.2, 0) is 0 Å². The van der Waals surface area contributed by atoms with E-state index >= 15 is 0 Å². The molecule has 22 heavy (non-hydrogen) atoms. The SMILES string of the molecule is Clc1ccc(C(Br)=C(c2ccccc2)c2ccccc2)cc1. The van der Waals surface area contributed by atoms with E-state index in [4.69, 9.17) is 11.6 Å². The first-order valence-corrected chi connectivity index (χ1v) is 8.19.